The molecule has 0 bridgehead atoms. The van der Waals surface area contributed by atoms with Crippen LogP contribution in [0.1, 0.15) is 26.3 Å². The summed E-state index contributed by atoms with van der Waals surface area (Å²) < 4.78 is 15.7. The van der Waals surface area contributed by atoms with Gasteiger partial charge in [-0.15, -0.1) is 0 Å². The van der Waals surface area contributed by atoms with Gasteiger partial charge in [-0.3, -0.25) is 10.1 Å². The molecular formula is C15H19NO6. The van der Waals surface area contributed by atoms with Crippen LogP contribution in [0, 0.1) is 10.1 Å². The number of benzene rings is 1. The van der Waals surface area contributed by atoms with Crippen LogP contribution in [0.3, 0.4) is 0 Å². The van der Waals surface area contributed by atoms with Gasteiger partial charge in [0.1, 0.15) is 11.5 Å². The van der Waals surface area contributed by atoms with Gasteiger partial charge in [-0.2, -0.15) is 0 Å². The summed E-state index contributed by atoms with van der Waals surface area (Å²) in [5.41, 5.74) is -0.669. The Kier molecular flexibility index (Phi) is 5.91. The Hall–Kier alpha value is -2.57. The third kappa shape index (κ3) is 5.08. The Morgan fingerprint density at radius 2 is 1.95 bits per heavy atom. The van der Waals surface area contributed by atoms with Crippen molar-refractivity contribution < 1.29 is 23.9 Å². The van der Waals surface area contributed by atoms with E-state index >= 15 is 0 Å². The summed E-state index contributed by atoms with van der Waals surface area (Å²) in [4.78, 5) is 21.7. The number of carbonyl (C=O) groups excluding carboxylic acids is 1. The molecule has 0 unspecified atom stereocenters. The molecule has 0 spiro atoms. The Labute approximate surface area is 128 Å². The zero-order valence-corrected chi connectivity index (χ0v) is 13.0. The highest BCUT2D eigenvalue weighted by molar-refractivity contribution is 5.79. The minimum Gasteiger partial charge on any atom is -0.497 e. The second-order valence-electron chi connectivity index (χ2n) is 4.88. The third-order valence-corrected chi connectivity index (χ3v) is 2.67. The average molecular weight is 309 g/mol. The monoisotopic (exact) mass is 309 g/mol. The lowest BCUT2D eigenvalue weighted by Gasteiger charge is -2.24. The number of ether oxygens (including phenoxy) is 3. The number of nitrogens with zero attached hydrogens (tertiary/aromatic N) is 1. The highest BCUT2D eigenvalue weighted by Gasteiger charge is 2.31. The lowest BCUT2D eigenvalue weighted by molar-refractivity contribution is -0.400. The van der Waals surface area contributed by atoms with Crippen LogP contribution in [-0.4, -0.2) is 30.2 Å². The van der Waals surface area contributed by atoms with Crippen molar-refractivity contribution in [2.24, 2.45) is 0 Å². The largest absolute Gasteiger partial charge is 0.497 e. The maximum atomic E-state index is 11.8. The second-order valence-corrected chi connectivity index (χ2v) is 4.88. The average Bonchev–Trinajstić information content (AvgIpc) is 2.44. The molecule has 0 aromatic heterocycles. The van der Waals surface area contributed by atoms with E-state index in [-0.39, 0.29) is 6.61 Å². The molecule has 0 aliphatic rings. The standard InChI is InChI=1S/C15H19NO6/c1-5-21-14(17)15(2,3)22-13-9-11(6-7-16(18)19)8-12(10-13)20-4/h6-10H,5H2,1-4H3. The molecule has 0 saturated carbocycles. The molecule has 120 valence electrons. The molecule has 1 rings (SSSR count). The zero-order chi connectivity index (χ0) is 16.8. The van der Waals surface area contributed by atoms with Crippen molar-refractivity contribution in [2.75, 3.05) is 13.7 Å². The third-order valence-electron chi connectivity index (χ3n) is 2.67. The number of esters is 1. The smallest absolute Gasteiger partial charge is 0.349 e. The van der Waals surface area contributed by atoms with Crippen LogP contribution >= 0.6 is 0 Å². The predicted molar refractivity (Wildman–Crippen MR) is 80.4 cm³/mol. The first kappa shape index (κ1) is 17.5. The molecule has 0 atom stereocenters. The molecule has 22 heavy (non-hydrogen) atoms. The van der Waals surface area contributed by atoms with Gasteiger partial charge in [0.25, 0.3) is 0 Å². The van der Waals surface area contributed by atoms with Gasteiger partial charge in [0.05, 0.1) is 18.6 Å². The number of hydrogen-bond acceptors (Lipinski definition) is 6. The zero-order valence-electron chi connectivity index (χ0n) is 13.0. The Balaban J connectivity index is 3.05. The summed E-state index contributed by atoms with van der Waals surface area (Å²) >= 11 is 0. The van der Waals surface area contributed by atoms with Crippen molar-refractivity contribution in [1.82, 2.24) is 0 Å². The van der Waals surface area contributed by atoms with Crippen molar-refractivity contribution in [2.45, 2.75) is 26.4 Å². The van der Waals surface area contributed by atoms with E-state index < -0.39 is 16.5 Å². The van der Waals surface area contributed by atoms with E-state index in [1.54, 1.807) is 39.0 Å². The highest BCUT2D eigenvalue weighted by atomic mass is 16.6. The number of rotatable bonds is 7. The lowest BCUT2D eigenvalue weighted by Crippen LogP contribution is -2.39. The van der Waals surface area contributed by atoms with Crippen LogP contribution < -0.4 is 9.47 Å². The summed E-state index contributed by atoms with van der Waals surface area (Å²) in [5, 5.41) is 10.4. The fourth-order valence-corrected chi connectivity index (χ4v) is 1.65. The quantitative estimate of drug-likeness (QED) is 0.437. The van der Waals surface area contributed by atoms with Crippen LogP contribution in [0.15, 0.2) is 24.4 Å². The van der Waals surface area contributed by atoms with E-state index in [0.29, 0.717) is 17.1 Å². The van der Waals surface area contributed by atoms with Gasteiger partial charge in [0, 0.05) is 12.1 Å². The molecule has 0 amide bonds. The van der Waals surface area contributed by atoms with Crippen molar-refractivity contribution in [3.8, 4) is 11.5 Å². The molecule has 0 heterocycles. The number of carbonyl (C=O) groups is 1. The summed E-state index contributed by atoms with van der Waals surface area (Å²) in [6.07, 6.45) is 2.13. The maximum absolute atomic E-state index is 11.8. The molecule has 0 radical (unpaired) electrons. The van der Waals surface area contributed by atoms with Gasteiger partial charge in [-0.05, 0) is 38.5 Å². The molecule has 1 aromatic rings. The maximum Gasteiger partial charge on any atom is 0.349 e. The number of methoxy groups -OCH3 is 1. The first-order chi connectivity index (χ1) is 10.3. The molecule has 7 nitrogen and oxygen atoms in total. The Bertz CT molecular complexity index is 579. The van der Waals surface area contributed by atoms with Gasteiger partial charge in [-0.1, -0.05) is 0 Å². The molecular weight excluding hydrogens is 290 g/mol. The van der Waals surface area contributed by atoms with E-state index in [1.165, 1.54) is 13.2 Å². The number of nitro groups is 1. The van der Waals surface area contributed by atoms with Gasteiger partial charge >= 0.3 is 5.97 Å². The Morgan fingerprint density at radius 1 is 1.32 bits per heavy atom. The van der Waals surface area contributed by atoms with E-state index in [2.05, 4.69) is 0 Å². The molecule has 7 heteroatoms. The minimum absolute atomic E-state index is 0.251. The molecule has 0 saturated heterocycles. The van der Waals surface area contributed by atoms with Crippen LogP contribution in [0.2, 0.25) is 0 Å². The summed E-state index contributed by atoms with van der Waals surface area (Å²) in [7, 11) is 1.47. The Morgan fingerprint density at radius 3 is 2.50 bits per heavy atom. The van der Waals surface area contributed by atoms with Crippen LogP contribution in [0.5, 0.6) is 11.5 Å². The molecule has 0 aliphatic heterocycles. The molecule has 0 N–H and O–H groups in total. The van der Waals surface area contributed by atoms with Crippen LogP contribution in [0.25, 0.3) is 6.08 Å². The fourth-order valence-electron chi connectivity index (χ4n) is 1.65. The van der Waals surface area contributed by atoms with E-state index in [9.17, 15) is 14.9 Å². The first-order valence-electron chi connectivity index (χ1n) is 6.65. The van der Waals surface area contributed by atoms with E-state index in [0.717, 1.165) is 6.20 Å². The summed E-state index contributed by atoms with van der Waals surface area (Å²) in [6.45, 7) is 5.12. The van der Waals surface area contributed by atoms with Crippen molar-refractivity contribution >= 4 is 12.0 Å². The van der Waals surface area contributed by atoms with Gasteiger partial charge in [-0.25, -0.2) is 4.79 Å². The fraction of sp³-hybridized carbons (Fsp3) is 0.400. The highest BCUT2D eigenvalue weighted by Crippen LogP contribution is 2.27. The van der Waals surface area contributed by atoms with Gasteiger partial charge in [0.15, 0.2) is 5.60 Å². The molecule has 0 aliphatic carbocycles. The summed E-state index contributed by atoms with van der Waals surface area (Å²) in [5.74, 6) is 0.306. The van der Waals surface area contributed by atoms with Crippen LogP contribution in [0.4, 0.5) is 0 Å². The lowest BCUT2D eigenvalue weighted by atomic mass is 10.1. The topological polar surface area (TPSA) is 87.9 Å². The molecule has 0 fully saturated rings. The number of hydrogen-bond donors (Lipinski definition) is 0. The van der Waals surface area contributed by atoms with Gasteiger partial charge < -0.3 is 14.2 Å². The normalized spacial score (nSPS) is 11.3. The summed E-state index contributed by atoms with van der Waals surface area (Å²) in [6, 6.07) is 4.78. The van der Waals surface area contributed by atoms with Crippen LogP contribution in [-0.2, 0) is 9.53 Å². The van der Waals surface area contributed by atoms with Crippen molar-refractivity contribution in [3.05, 3.63) is 40.1 Å². The molecule has 1 aromatic carbocycles. The first-order valence-corrected chi connectivity index (χ1v) is 6.65. The van der Waals surface area contributed by atoms with E-state index in [4.69, 9.17) is 14.2 Å². The second kappa shape index (κ2) is 7.44. The predicted octanol–water partition coefficient (Wildman–Crippen LogP) is 2.66. The SMILES string of the molecule is CCOC(=O)C(C)(C)Oc1cc(C=C[N+](=O)[O-])cc(OC)c1. The van der Waals surface area contributed by atoms with Gasteiger partial charge in [0.2, 0.25) is 6.20 Å². The minimum atomic E-state index is -1.19. The van der Waals surface area contributed by atoms with Crippen molar-refractivity contribution in [1.29, 1.82) is 0 Å². The van der Waals surface area contributed by atoms with E-state index in [1.807, 2.05) is 0 Å². The van der Waals surface area contributed by atoms with Crippen molar-refractivity contribution in [3.63, 3.8) is 0 Å².